The zero-order valence-electron chi connectivity index (χ0n) is 14.6. The average molecular weight is 312 g/mol. The number of phenolic OH excluding ortho intramolecular Hbond substituents is 1. The van der Waals surface area contributed by atoms with Crippen molar-refractivity contribution < 1.29 is 9.90 Å². The lowest BCUT2D eigenvalue weighted by molar-refractivity contribution is -0.125. The van der Waals surface area contributed by atoms with Crippen LogP contribution in [-0.2, 0) is 11.2 Å². The molecule has 0 spiro atoms. The van der Waals surface area contributed by atoms with Gasteiger partial charge in [-0.25, -0.2) is 0 Å². The monoisotopic (exact) mass is 312 g/mol. The van der Waals surface area contributed by atoms with E-state index >= 15 is 0 Å². The number of aromatic hydroxyl groups is 1. The van der Waals surface area contributed by atoms with Gasteiger partial charge in [-0.15, -0.1) is 0 Å². The summed E-state index contributed by atoms with van der Waals surface area (Å²) in [6, 6.07) is 3.94. The maximum absolute atomic E-state index is 12.1. The highest BCUT2D eigenvalue weighted by Crippen LogP contribution is 2.63. The van der Waals surface area contributed by atoms with Crippen LogP contribution in [-0.4, -0.2) is 10.9 Å². The summed E-state index contributed by atoms with van der Waals surface area (Å²) in [4.78, 5) is 12.1. The lowest BCUT2D eigenvalue weighted by Crippen LogP contribution is -2.43. The molecule has 2 saturated carbocycles. The molecule has 3 aliphatic rings. The number of carbonyl (C=O) groups is 1. The molecular formula is C21H28O2. The van der Waals surface area contributed by atoms with E-state index in [2.05, 4.69) is 19.9 Å². The molecule has 2 nitrogen and oxygen atoms in total. The van der Waals surface area contributed by atoms with Gasteiger partial charge in [0.2, 0.25) is 0 Å². The van der Waals surface area contributed by atoms with Crippen molar-refractivity contribution in [3.05, 3.63) is 28.8 Å². The Morgan fingerprint density at radius 3 is 2.74 bits per heavy atom. The van der Waals surface area contributed by atoms with Gasteiger partial charge in [0.1, 0.15) is 11.5 Å². The molecule has 0 saturated heterocycles. The summed E-state index contributed by atoms with van der Waals surface area (Å²) in [5, 5.41) is 10.5. The highest BCUT2D eigenvalue weighted by atomic mass is 16.3. The van der Waals surface area contributed by atoms with Crippen LogP contribution in [0.15, 0.2) is 12.1 Å². The molecule has 1 aromatic carbocycles. The molecule has 2 heteroatoms. The summed E-state index contributed by atoms with van der Waals surface area (Å²) in [7, 11) is 0. The van der Waals surface area contributed by atoms with Gasteiger partial charge in [0.05, 0.1) is 0 Å². The Kier molecular flexibility index (Phi) is 3.37. The molecule has 4 rings (SSSR count). The lowest BCUT2D eigenvalue weighted by Gasteiger charge is -2.51. The molecule has 0 aliphatic heterocycles. The molecular weight excluding hydrogens is 284 g/mol. The van der Waals surface area contributed by atoms with Crippen LogP contribution >= 0.6 is 0 Å². The second-order valence-corrected chi connectivity index (χ2v) is 8.49. The molecule has 23 heavy (non-hydrogen) atoms. The molecule has 1 N–H and O–H groups in total. The minimum absolute atomic E-state index is 0.198. The first kappa shape index (κ1) is 15.2. The third kappa shape index (κ3) is 2.03. The highest BCUT2D eigenvalue weighted by Gasteiger charge is 2.56. The third-order valence-corrected chi connectivity index (χ3v) is 7.59. The Hall–Kier alpha value is -1.31. The van der Waals surface area contributed by atoms with E-state index < -0.39 is 0 Å². The topological polar surface area (TPSA) is 37.3 Å². The van der Waals surface area contributed by atoms with Crippen molar-refractivity contribution in [1.29, 1.82) is 0 Å². The Labute approximate surface area is 139 Å². The summed E-state index contributed by atoms with van der Waals surface area (Å²) in [5.41, 5.74) is 4.17. The smallest absolute Gasteiger partial charge is 0.133 e. The first-order valence-corrected chi connectivity index (χ1v) is 9.25. The van der Waals surface area contributed by atoms with E-state index in [4.69, 9.17) is 0 Å². The van der Waals surface area contributed by atoms with E-state index in [1.807, 2.05) is 6.07 Å². The van der Waals surface area contributed by atoms with Crippen molar-refractivity contribution in [2.45, 2.75) is 65.2 Å². The molecule has 0 heterocycles. The third-order valence-electron chi connectivity index (χ3n) is 7.59. The van der Waals surface area contributed by atoms with Crippen LogP contribution in [0, 0.1) is 30.1 Å². The SMILES string of the molecule is CC(=O)[C@H]1CC[C@H]2[C@@H]3CCc4c(C)ccc(O)c4[C@H]3CC[C@]12C. The van der Waals surface area contributed by atoms with E-state index in [1.165, 1.54) is 29.5 Å². The van der Waals surface area contributed by atoms with Gasteiger partial charge in [-0.3, -0.25) is 4.79 Å². The van der Waals surface area contributed by atoms with Crippen LogP contribution < -0.4 is 0 Å². The van der Waals surface area contributed by atoms with E-state index in [0.29, 0.717) is 29.3 Å². The molecule has 0 bridgehead atoms. The lowest BCUT2D eigenvalue weighted by atomic mass is 9.53. The number of benzene rings is 1. The predicted octanol–water partition coefficient (Wildman–Crippen LogP) is 4.76. The summed E-state index contributed by atoms with van der Waals surface area (Å²) in [6.45, 7) is 6.33. The molecule has 3 aliphatic carbocycles. The van der Waals surface area contributed by atoms with Gasteiger partial charge in [0.25, 0.3) is 0 Å². The number of hydrogen-bond acceptors (Lipinski definition) is 2. The minimum atomic E-state index is 0.198. The van der Waals surface area contributed by atoms with Crippen LogP contribution in [0.3, 0.4) is 0 Å². The maximum Gasteiger partial charge on any atom is 0.133 e. The number of carbonyl (C=O) groups excluding carboxylic acids is 1. The molecule has 5 atom stereocenters. The fourth-order valence-electron chi connectivity index (χ4n) is 6.53. The Bertz CT molecular complexity index is 662. The summed E-state index contributed by atoms with van der Waals surface area (Å²) < 4.78 is 0. The largest absolute Gasteiger partial charge is 0.508 e. The van der Waals surface area contributed by atoms with Crippen LogP contribution in [0.4, 0.5) is 0 Å². The summed E-state index contributed by atoms with van der Waals surface area (Å²) in [5.74, 6) is 2.97. The normalized spacial score (nSPS) is 38.6. The number of Topliss-reactive ketones (excluding diaryl/α,β-unsaturated/α-hetero) is 1. The standard InChI is InChI=1S/C21H28O2/c1-12-4-9-19(23)20-14(12)5-6-15-16(20)10-11-21(3)17(13(2)22)7-8-18(15)21/h4,9,15-18,23H,5-8,10-11H2,1-3H3/t15-,16+,17-,18+,21-/m1/s1. The van der Waals surface area contributed by atoms with Gasteiger partial charge in [0, 0.05) is 11.5 Å². The number of aryl methyl sites for hydroxylation is 1. The molecule has 0 unspecified atom stereocenters. The number of fused-ring (bicyclic) bond motifs is 5. The van der Waals surface area contributed by atoms with Crippen molar-refractivity contribution in [3.63, 3.8) is 0 Å². The molecule has 0 aromatic heterocycles. The van der Waals surface area contributed by atoms with Crippen molar-refractivity contribution in [3.8, 4) is 5.75 Å². The van der Waals surface area contributed by atoms with Gasteiger partial charge in [0.15, 0.2) is 0 Å². The Morgan fingerprint density at radius 1 is 1.22 bits per heavy atom. The second kappa shape index (κ2) is 5.09. The average Bonchev–Trinajstić information content (AvgIpc) is 2.88. The highest BCUT2D eigenvalue weighted by molar-refractivity contribution is 5.79. The quantitative estimate of drug-likeness (QED) is 0.811. The molecule has 2 fully saturated rings. The zero-order valence-corrected chi connectivity index (χ0v) is 14.6. The van der Waals surface area contributed by atoms with Gasteiger partial charge in [-0.1, -0.05) is 13.0 Å². The van der Waals surface area contributed by atoms with E-state index in [0.717, 1.165) is 25.7 Å². The first-order chi connectivity index (χ1) is 10.9. The van der Waals surface area contributed by atoms with E-state index in [9.17, 15) is 9.90 Å². The molecule has 0 amide bonds. The zero-order chi connectivity index (χ0) is 16.4. The number of rotatable bonds is 1. The van der Waals surface area contributed by atoms with E-state index in [1.54, 1.807) is 6.92 Å². The predicted molar refractivity (Wildman–Crippen MR) is 91.6 cm³/mol. The molecule has 1 aromatic rings. The van der Waals surface area contributed by atoms with Crippen molar-refractivity contribution in [2.24, 2.45) is 23.2 Å². The van der Waals surface area contributed by atoms with Crippen LogP contribution in [0.25, 0.3) is 0 Å². The number of phenols is 1. The fourth-order valence-corrected chi connectivity index (χ4v) is 6.53. The van der Waals surface area contributed by atoms with Gasteiger partial charge >= 0.3 is 0 Å². The molecule has 124 valence electrons. The fraction of sp³-hybridized carbons (Fsp3) is 0.667. The van der Waals surface area contributed by atoms with Gasteiger partial charge < -0.3 is 5.11 Å². The summed E-state index contributed by atoms with van der Waals surface area (Å²) in [6.07, 6.45) is 6.86. The Balaban J connectivity index is 1.74. The van der Waals surface area contributed by atoms with Crippen LogP contribution in [0.2, 0.25) is 0 Å². The van der Waals surface area contributed by atoms with Crippen molar-refractivity contribution >= 4 is 5.78 Å². The van der Waals surface area contributed by atoms with Gasteiger partial charge in [-0.2, -0.15) is 0 Å². The van der Waals surface area contributed by atoms with Crippen molar-refractivity contribution in [2.75, 3.05) is 0 Å². The minimum Gasteiger partial charge on any atom is -0.508 e. The summed E-state index contributed by atoms with van der Waals surface area (Å²) >= 11 is 0. The van der Waals surface area contributed by atoms with E-state index in [-0.39, 0.29) is 11.3 Å². The molecule has 0 radical (unpaired) electrons. The first-order valence-electron chi connectivity index (χ1n) is 9.25. The maximum atomic E-state index is 12.1. The second-order valence-electron chi connectivity index (χ2n) is 8.49. The number of hydrogen-bond donors (Lipinski definition) is 1. The van der Waals surface area contributed by atoms with Gasteiger partial charge in [-0.05, 0) is 92.7 Å². The number of ketones is 1. The van der Waals surface area contributed by atoms with Crippen molar-refractivity contribution in [1.82, 2.24) is 0 Å². The van der Waals surface area contributed by atoms with Crippen LogP contribution in [0.5, 0.6) is 5.75 Å². The van der Waals surface area contributed by atoms with Crippen LogP contribution in [0.1, 0.15) is 68.6 Å². The Morgan fingerprint density at radius 2 is 2.00 bits per heavy atom.